The topological polar surface area (TPSA) is 81.5 Å². The fourth-order valence-corrected chi connectivity index (χ4v) is 1.98. The van der Waals surface area contributed by atoms with Crippen molar-refractivity contribution in [3.63, 3.8) is 0 Å². The summed E-state index contributed by atoms with van der Waals surface area (Å²) >= 11 is 3.08. The van der Waals surface area contributed by atoms with Gasteiger partial charge in [-0.3, -0.25) is 14.9 Å². The van der Waals surface area contributed by atoms with E-state index in [2.05, 4.69) is 21.2 Å². The Bertz CT molecular complexity index is 770. The summed E-state index contributed by atoms with van der Waals surface area (Å²) < 4.78 is 32.5. The zero-order chi connectivity index (χ0) is 17.0. The predicted octanol–water partition coefficient (Wildman–Crippen LogP) is 3.65. The van der Waals surface area contributed by atoms with E-state index in [0.29, 0.717) is 4.47 Å². The summed E-state index contributed by atoms with van der Waals surface area (Å²) in [5.74, 6) is -2.44. The molecule has 6 nitrogen and oxygen atoms in total. The van der Waals surface area contributed by atoms with Gasteiger partial charge in [-0.15, -0.1) is 0 Å². The average molecular weight is 387 g/mol. The molecule has 2 rings (SSSR count). The van der Waals surface area contributed by atoms with Crippen molar-refractivity contribution in [1.82, 2.24) is 0 Å². The number of benzene rings is 2. The minimum absolute atomic E-state index is 0.150. The van der Waals surface area contributed by atoms with E-state index in [-0.39, 0.29) is 17.1 Å². The summed E-state index contributed by atoms with van der Waals surface area (Å²) in [6.07, 6.45) is 0. The van der Waals surface area contributed by atoms with Gasteiger partial charge in [-0.2, -0.15) is 0 Å². The number of nitro benzene ring substituents is 1. The van der Waals surface area contributed by atoms with Crippen LogP contribution >= 0.6 is 15.9 Å². The highest BCUT2D eigenvalue weighted by Crippen LogP contribution is 2.23. The lowest BCUT2D eigenvalue weighted by Gasteiger charge is -2.09. The molecule has 0 heterocycles. The predicted molar refractivity (Wildman–Crippen MR) is 81.3 cm³/mol. The molecule has 120 valence electrons. The number of carbonyl (C=O) groups is 1. The highest BCUT2D eigenvalue weighted by atomic mass is 79.9. The van der Waals surface area contributed by atoms with Crippen molar-refractivity contribution in [3.8, 4) is 5.75 Å². The van der Waals surface area contributed by atoms with Gasteiger partial charge in [-0.1, -0.05) is 15.9 Å². The van der Waals surface area contributed by atoms with Crippen molar-refractivity contribution in [2.75, 3.05) is 11.9 Å². The lowest BCUT2D eigenvalue weighted by molar-refractivity contribution is -0.384. The van der Waals surface area contributed by atoms with E-state index >= 15 is 0 Å². The number of hydrogen-bond acceptors (Lipinski definition) is 4. The summed E-state index contributed by atoms with van der Waals surface area (Å²) in [6.45, 7) is -0.583. The van der Waals surface area contributed by atoms with E-state index in [9.17, 15) is 23.7 Å². The van der Waals surface area contributed by atoms with Crippen LogP contribution in [0.4, 0.5) is 20.2 Å². The molecule has 0 aliphatic heterocycles. The van der Waals surface area contributed by atoms with Gasteiger partial charge in [-0.05, 0) is 24.3 Å². The van der Waals surface area contributed by atoms with Gasteiger partial charge in [0, 0.05) is 16.6 Å². The van der Waals surface area contributed by atoms with E-state index in [1.54, 1.807) is 0 Å². The van der Waals surface area contributed by atoms with Crippen LogP contribution in [0.15, 0.2) is 40.9 Å². The standard InChI is InChI=1S/C14H9BrF2N2O4/c15-8-1-4-13(11(17)5-8)23-7-14(20)18-12-6-9(19(21)22)2-3-10(12)16/h1-6H,7H2,(H,18,20). The van der Waals surface area contributed by atoms with Crippen molar-refractivity contribution < 1.29 is 23.2 Å². The summed E-state index contributed by atoms with van der Waals surface area (Å²) in [4.78, 5) is 21.6. The van der Waals surface area contributed by atoms with E-state index in [1.165, 1.54) is 12.1 Å². The first-order valence-corrected chi connectivity index (χ1v) is 6.98. The first kappa shape index (κ1) is 16.8. The Kier molecular flexibility index (Phi) is 5.22. The lowest BCUT2D eigenvalue weighted by atomic mass is 10.2. The number of hydrogen-bond donors (Lipinski definition) is 1. The largest absolute Gasteiger partial charge is 0.481 e. The summed E-state index contributed by atoms with van der Waals surface area (Å²) in [5, 5.41) is 12.8. The molecule has 0 atom stereocenters. The van der Waals surface area contributed by atoms with Crippen LogP contribution in [0.25, 0.3) is 0 Å². The third kappa shape index (κ3) is 4.46. The Morgan fingerprint density at radius 3 is 2.61 bits per heavy atom. The Morgan fingerprint density at radius 2 is 1.96 bits per heavy atom. The summed E-state index contributed by atoms with van der Waals surface area (Å²) in [7, 11) is 0. The van der Waals surface area contributed by atoms with Gasteiger partial charge in [0.25, 0.3) is 11.6 Å². The molecule has 0 radical (unpaired) electrons. The maximum atomic E-state index is 13.5. The third-order valence-electron chi connectivity index (χ3n) is 2.69. The van der Waals surface area contributed by atoms with Crippen LogP contribution in [0.3, 0.4) is 0 Å². The van der Waals surface area contributed by atoms with Gasteiger partial charge in [0.15, 0.2) is 18.2 Å². The van der Waals surface area contributed by atoms with Crippen molar-refractivity contribution in [2.24, 2.45) is 0 Å². The van der Waals surface area contributed by atoms with E-state index in [1.807, 2.05) is 0 Å². The Labute approximate surface area is 137 Å². The zero-order valence-electron chi connectivity index (χ0n) is 11.4. The number of amides is 1. The molecular weight excluding hydrogens is 378 g/mol. The molecule has 0 bridgehead atoms. The van der Waals surface area contributed by atoms with Crippen molar-refractivity contribution in [3.05, 3.63) is 62.6 Å². The number of carbonyl (C=O) groups excluding carboxylic acids is 1. The number of halogens is 3. The number of anilines is 1. The Morgan fingerprint density at radius 1 is 1.22 bits per heavy atom. The molecule has 9 heteroatoms. The maximum absolute atomic E-state index is 13.5. The van der Waals surface area contributed by atoms with Gasteiger partial charge in [0.2, 0.25) is 0 Å². The zero-order valence-corrected chi connectivity index (χ0v) is 13.0. The van der Waals surface area contributed by atoms with Crippen LogP contribution in [0.2, 0.25) is 0 Å². The lowest BCUT2D eigenvalue weighted by Crippen LogP contribution is -2.21. The number of rotatable bonds is 5. The quantitative estimate of drug-likeness (QED) is 0.627. The number of nitrogens with one attached hydrogen (secondary N) is 1. The first-order chi connectivity index (χ1) is 10.9. The number of nitrogens with zero attached hydrogens (tertiary/aromatic N) is 1. The van der Waals surface area contributed by atoms with Gasteiger partial charge in [-0.25, -0.2) is 8.78 Å². The van der Waals surface area contributed by atoms with Gasteiger partial charge in [0.1, 0.15) is 5.82 Å². The molecule has 0 aromatic heterocycles. The molecule has 1 amide bonds. The van der Waals surface area contributed by atoms with E-state index in [0.717, 1.165) is 24.3 Å². The van der Waals surface area contributed by atoms with Gasteiger partial charge < -0.3 is 10.1 Å². The first-order valence-electron chi connectivity index (χ1n) is 6.18. The molecule has 2 aromatic rings. The fraction of sp³-hybridized carbons (Fsp3) is 0.0714. The normalized spacial score (nSPS) is 10.2. The second-order valence-corrected chi connectivity index (χ2v) is 5.25. The minimum atomic E-state index is -0.834. The van der Waals surface area contributed by atoms with Gasteiger partial charge in [0.05, 0.1) is 10.6 Å². The molecular formula is C14H9BrF2N2O4. The molecule has 0 saturated carbocycles. The third-order valence-corrected chi connectivity index (χ3v) is 3.18. The Hall–Kier alpha value is -2.55. The molecule has 0 aliphatic carbocycles. The second-order valence-electron chi connectivity index (χ2n) is 4.33. The second kappa shape index (κ2) is 7.14. The van der Waals surface area contributed by atoms with Crippen LogP contribution < -0.4 is 10.1 Å². The number of nitro groups is 1. The van der Waals surface area contributed by atoms with E-state index in [4.69, 9.17) is 4.74 Å². The smallest absolute Gasteiger partial charge is 0.271 e. The van der Waals surface area contributed by atoms with E-state index < -0.39 is 29.1 Å². The van der Waals surface area contributed by atoms with Gasteiger partial charge >= 0.3 is 0 Å². The Balaban J connectivity index is 2.02. The molecule has 2 aromatic carbocycles. The molecule has 23 heavy (non-hydrogen) atoms. The highest BCUT2D eigenvalue weighted by Gasteiger charge is 2.14. The number of non-ortho nitro benzene ring substituents is 1. The molecule has 0 unspecified atom stereocenters. The molecule has 0 spiro atoms. The monoisotopic (exact) mass is 386 g/mol. The average Bonchev–Trinajstić information content (AvgIpc) is 2.48. The fourth-order valence-electron chi connectivity index (χ4n) is 1.64. The maximum Gasteiger partial charge on any atom is 0.271 e. The SMILES string of the molecule is O=C(COc1ccc(Br)cc1F)Nc1cc([N+](=O)[O-])ccc1F. The van der Waals surface area contributed by atoms with Crippen molar-refractivity contribution in [2.45, 2.75) is 0 Å². The van der Waals surface area contributed by atoms with Crippen LogP contribution in [-0.4, -0.2) is 17.4 Å². The van der Waals surface area contributed by atoms with Crippen LogP contribution in [-0.2, 0) is 4.79 Å². The van der Waals surface area contributed by atoms with Crippen molar-refractivity contribution >= 4 is 33.2 Å². The molecule has 1 N–H and O–H groups in total. The number of ether oxygens (including phenoxy) is 1. The summed E-state index contributed by atoms with van der Waals surface area (Å²) in [6, 6.07) is 6.72. The highest BCUT2D eigenvalue weighted by molar-refractivity contribution is 9.10. The molecule has 0 saturated heterocycles. The van der Waals surface area contributed by atoms with Crippen LogP contribution in [0, 0.1) is 21.7 Å². The van der Waals surface area contributed by atoms with Crippen LogP contribution in [0.5, 0.6) is 5.75 Å². The van der Waals surface area contributed by atoms with Crippen LogP contribution in [0.1, 0.15) is 0 Å². The van der Waals surface area contributed by atoms with Crippen molar-refractivity contribution in [1.29, 1.82) is 0 Å². The minimum Gasteiger partial charge on any atom is -0.481 e. The summed E-state index contributed by atoms with van der Waals surface area (Å²) in [5.41, 5.74) is -0.731. The molecule has 0 fully saturated rings. The molecule has 0 aliphatic rings.